The molecule has 0 amide bonds. The van der Waals surface area contributed by atoms with Crippen molar-refractivity contribution in [1.82, 2.24) is 0 Å². The van der Waals surface area contributed by atoms with Crippen LogP contribution in [0.2, 0.25) is 0 Å². The van der Waals surface area contributed by atoms with E-state index < -0.39 is 0 Å². The average Bonchev–Trinajstić information content (AvgIpc) is 2.24. The molecule has 0 aliphatic carbocycles. The number of rotatable bonds is 4. The molecule has 1 aromatic carbocycles. The highest BCUT2D eigenvalue weighted by molar-refractivity contribution is 5.45. The number of hydrogen-bond acceptors (Lipinski definition) is 1. The summed E-state index contributed by atoms with van der Waals surface area (Å²) in [4.78, 5) is 0. The van der Waals surface area contributed by atoms with Crippen molar-refractivity contribution in [2.24, 2.45) is 5.73 Å². The first-order valence-electron chi connectivity index (χ1n) is 6.31. The Balaban J connectivity index is 3.11. The first-order chi connectivity index (χ1) is 7.49. The van der Waals surface area contributed by atoms with E-state index in [1.165, 1.54) is 40.7 Å². The quantitative estimate of drug-likeness (QED) is 0.810. The molecule has 1 rings (SSSR count). The van der Waals surface area contributed by atoms with Crippen LogP contribution < -0.4 is 5.73 Å². The Labute approximate surface area is 100 Å². The maximum atomic E-state index is 6.32. The Kier molecular flexibility index (Phi) is 4.55. The molecule has 0 aliphatic rings. The lowest BCUT2D eigenvalue weighted by molar-refractivity contribution is 0.597. The highest BCUT2D eigenvalue weighted by atomic mass is 14.6. The van der Waals surface area contributed by atoms with Crippen molar-refractivity contribution < 1.29 is 0 Å². The van der Waals surface area contributed by atoms with Gasteiger partial charge in [-0.05, 0) is 61.9 Å². The van der Waals surface area contributed by atoms with Crippen molar-refractivity contribution in [3.8, 4) is 0 Å². The summed E-state index contributed by atoms with van der Waals surface area (Å²) in [7, 11) is 0. The Morgan fingerprint density at radius 3 is 2.00 bits per heavy atom. The summed E-state index contributed by atoms with van der Waals surface area (Å²) in [5.41, 5.74) is 13.2. The fraction of sp³-hybridized carbons (Fsp3) is 0.600. The van der Waals surface area contributed by atoms with E-state index in [0.29, 0.717) is 0 Å². The molecule has 16 heavy (non-hydrogen) atoms. The van der Waals surface area contributed by atoms with Gasteiger partial charge in [0.1, 0.15) is 0 Å². The Morgan fingerprint density at radius 1 is 1.06 bits per heavy atom. The van der Waals surface area contributed by atoms with Gasteiger partial charge in [0.15, 0.2) is 0 Å². The molecular weight excluding hydrogens is 194 g/mol. The molecule has 0 fully saturated rings. The second-order valence-electron chi connectivity index (χ2n) is 4.92. The molecule has 0 bridgehead atoms. The molecule has 2 N–H and O–H groups in total. The van der Waals surface area contributed by atoms with Crippen LogP contribution in [0.4, 0.5) is 0 Å². The molecule has 1 atom stereocenters. The largest absolute Gasteiger partial charge is 0.324 e. The molecule has 0 saturated carbocycles. The lowest BCUT2D eigenvalue weighted by atomic mass is 9.88. The molecule has 1 nitrogen and oxygen atoms in total. The molecule has 1 heteroatoms. The minimum Gasteiger partial charge on any atom is -0.324 e. The van der Waals surface area contributed by atoms with Crippen LogP contribution >= 0.6 is 0 Å². The van der Waals surface area contributed by atoms with Crippen LogP contribution in [0.5, 0.6) is 0 Å². The molecule has 0 saturated heterocycles. The maximum Gasteiger partial charge on any atom is 0.0300 e. The second kappa shape index (κ2) is 5.49. The minimum absolute atomic E-state index is 0.207. The van der Waals surface area contributed by atoms with Crippen molar-refractivity contribution in [2.75, 3.05) is 0 Å². The van der Waals surface area contributed by atoms with Crippen molar-refractivity contribution >= 4 is 0 Å². The van der Waals surface area contributed by atoms with Crippen LogP contribution in [0.1, 0.15) is 60.0 Å². The maximum absolute atomic E-state index is 6.32. The summed E-state index contributed by atoms with van der Waals surface area (Å²) >= 11 is 0. The SMILES string of the molecule is CCCCC(N)c1c(C)c(C)cc(C)c1C. The molecule has 0 heterocycles. The van der Waals surface area contributed by atoms with Crippen molar-refractivity contribution in [2.45, 2.75) is 59.9 Å². The van der Waals surface area contributed by atoms with E-state index in [4.69, 9.17) is 5.73 Å². The first kappa shape index (κ1) is 13.2. The van der Waals surface area contributed by atoms with Crippen LogP contribution in [-0.2, 0) is 0 Å². The third kappa shape index (κ3) is 2.65. The molecule has 0 spiro atoms. The molecule has 0 aromatic heterocycles. The number of nitrogens with two attached hydrogens (primary N) is 1. The van der Waals surface area contributed by atoms with E-state index in [1.807, 2.05) is 0 Å². The monoisotopic (exact) mass is 219 g/mol. The van der Waals surface area contributed by atoms with Crippen molar-refractivity contribution in [3.63, 3.8) is 0 Å². The molecule has 90 valence electrons. The van der Waals surface area contributed by atoms with E-state index in [1.54, 1.807) is 0 Å². The van der Waals surface area contributed by atoms with Gasteiger partial charge in [0.2, 0.25) is 0 Å². The summed E-state index contributed by atoms with van der Waals surface area (Å²) in [5, 5.41) is 0. The van der Waals surface area contributed by atoms with E-state index in [0.717, 1.165) is 6.42 Å². The third-order valence-electron chi connectivity index (χ3n) is 3.66. The molecule has 0 aliphatic heterocycles. The molecule has 1 unspecified atom stereocenters. The van der Waals surface area contributed by atoms with Gasteiger partial charge in [-0.1, -0.05) is 25.8 Å². The second-order valence-corrected chi connectivity index (χ2v) is 4.92. The van der Waals surface area contributed by atoms with Gasteiger partial charge >= 0.3 is 0 Å². The van der Waals surface area contributed by atoms with Crippen LogP contribution in [0, 0.1) is 27.7 Å². The van der Waals surface area contributed by atoms with Gasteiger partial charge in [0.05, 0.1) is 0 Å². The fourth-order valence-corrected chi connectivity index (χ4v) is 2.37. The first-order valence-corrected chi connectivity index (χ1v) is 6.31. The van der Waals surface area contributed by atoms with E-state index in [2.05, 4.69) is 40.7 Å². The van der Waals surface area contributed by atoms with Gasteiger partial charge in [-0.3, -0.25) is 0 Å². The Bertz CT molecular complexity index is 340. The normalized spacial score (nSPS) is 12.9. The van der Waals surface area contributed by atoms with Gasteiger partial charge in [-0.2, -0.15) is 0 Å². The van der Waals surface area contributed by atoms with Gasteiger partial charge in [-0.25, -0.2) is 0 Å². The summed E-state index contributed by atoms with van der Waals surface area (Å²) in [6.07, 6.45) is 3.53. The molecular formula is C15H25N. The van der Waals surface area contributed by atoms with Gasteiger partial charge in [0, 0.05) is 6.04 Å². The number of aryl methyl sites for hydroxylation is 2. The zero-order chi connectivity index (χ0) is 12.3. The third-order valence-corrected chi connectivity index (χ3v) is 3.66. The van der Waals surface area contributed by atoms with Crippen LogP contribution in [0.3, 0.4) is 0 Å². The standard InChI is InChI=1S/C15H25N/c1-6-7-8-14(16)15-12(4)10(2)9-11(3)13(15)5/h9,14H,6-8,16H2,1-5H3. The lowest BCUT2D eigenvalue weighted by Gasteiger charge is -2.20. The molecule has 0 radical (unpaired) electrons. The Morgan fingerprint density at radius 2 is 1.56 bits per heavy atom. The lowest BCUT2D eigenvalue weighted by Crippen LogP contribution is -2.14. The fourth-order valence-electron chi connectivity index (χ4n) is 2.37. The zero-order valence-electron chi connectivity index (χ0n) is 11.4. The number of benzene rings is 1. The van der Waals surface area contributed by atoms with Crippen LogP contribution in [-0.4, -0.2) is 0 Å². The van der Waals surface area contributed by atoms with Gasteiger partial charge < -0.3 is 5.73 Å². The van der Waals surface area contributed by atoms with E-state index >= 15 is 0 Å². The van der Waals surface area contributed by atoms with Crippen molar-refractivity contribution in [1.29, 1.82) is 0 Å². The predicted molar refractivity (Wildman–Crippen MR) is 71.8 cm³/mol. The van der Waals surface area contributed by atoms with Crippen molar-refractivity contribution in [3.05, 3.63) is 33.9 Å². The number of hydrogen-bond donors (Lipinski definition) is 1. The topological polar surface area (TPSA) is 26.0 Å². The highest BCUT2D eigenvalue weighted by Gasteiger charge is 2.14. The van der Waals surface area contributed by atoms with E-state index in [-0.39, 0.29) is 6.04 Å². The van der Waals surface area contributed by atoms with Gasteiger partial charge in [-0.15, -0.1) is 0 Å². The highest BCUT2D eigenvalue weighted by Crippen LogP contribution is 2.28. The summed E-state index contributed by atoms with van der Waals surface area (Å²) in [6.45, 7) is 11.0. The smallest absolute Gasteiger partial charge is 0.0300 e. The zero-order valence-corrected chi connectivity index (χ0v) is 11.4. The van der Waals surface area contributed by atoms with Crippen LogP contribution in [0.15, 0.2) is 6.07 Å². The predicted octanol–water partition coefficient (Wildman–Crippen LogP) is 4.11. The molecule has 1 aromatic rings. The number of unbranched alkanes of at least 4 members (excludes halogenated alkanes) is 1. The summed E-state index contributed by atoms with van der Waals surface area (Å²) in [5.74, 6) is 0. The van der Waals surface area contributed by atoms with E-state index in [9.17, 15) is 0 Å². The van der Waals surface area contributed by atoms with Gasteiger partial charge in [0.25, 0.3) is 0 Å². The van der Waals surface area contributed by atoms with Crippen LogP contribution in [0.25, 0.3) is 0 Å². The summed E-state index contributed by atoms with van der Waals surface area (Å²) in [6, 6.07) is 2.47. The Hall–Kier alpha value is -0.820. The average molecular weight is 219 g/mol. The minimum atomic E-state index is 0.207. The summed E-state index contributed by atoms with van der Waals surface area (Å²) < 4.78 is 0.